The van der Waals surface area contributed by atoms with Crippen molar-refractivity contribution in [3.05, 3.63) is 74.3 Å². The van der Waals surface area contributed by atoms with Crippen LogP contribution in [-0.4, -0.2) is 100.0 Å². The van der Waals surface area contributed by atoms with E-state index in [0.717, 1.165) is 34.8 Å². The minimum atomic E-state index is -3.52. The van der Waals surface area contributed by atoms with Crippen molar-refractivity contribution in [2.24, 2.45) is 5.92 Å². The lowest BCUT2D eigenvalue weighted by Gasteiger charge is -2.31. The van der Waals surface area contributed by atoms with E-state index in [1.54, 1.807) is 43.5 Å². The molecule has 20 nitrogen and oxygen atoms in total. The highest BCUT2D eigenvalue weighted by atomic mass is 32.2. The van der Waals surface area contributed by atoms with E-state index in [1.165, 1.54) is 19.3 Å². The Hall–Kier alpha value is -7.05. The molecule has 67 heavy (non-hydrogen) atoms. The highest BCUT2D eigenvalue weighted by Gasteiger charge is 2.45. The summed E-state index contributed by atoms with van der Waals surface area (Å²) in [6, 6.07) is 3.14. The molecule has 352 valence electrons. The molecule has 0 bridgehead atoms. The molecule has 4 aromatic rings. The van der Waals surface area contributed by atoms with Gasteiger partial charge in [-0.15, -0.1) is 0 Å². The van der Waals surface area contributed by atoms with Gasteiger partial charge in [-0.3, -0.25) is 28.8 Å². The number of esters is 1. The van der Waals surface area contributed by atoms with Crippen LogP contribution in [-0.2, 0) is 74.9 Å². The molecule has 3 aromatic heterocycles. The van der Waals surface area contributed by atoms with Gasteiger partial charge in [0, 0.05) is 53.7 Å². The van der Waals surface area contributed by atoms with Crippen LogP contribution in [0.2, 0.25) is 0 Å². The number of nitrogens with zero attached hydrogens (tertiary/aromatic N) is 4. The molecule has 21 heteroatoms. The Labute approximate surface area is 385 Å². The third-order valence-corrected chi connectivity index (χ3v) is 12.9. The third kappa shape index (κ3) is 10.0. The van der Waals surface area contributed by atoms with E-state index in [2.05, 4.69) is 48.4 Å². The molecule has 0 saturated carbocycles. The number of hydrogen-bond donors (Lipinski definition) is 6. The van der Waals surface area contributed by atoms with E-state index in [0.29, 0.717) is 53.8 Å². The molecule has 5 heterocycles. The van der Waals surface area contributed by atoms with E-state index in [9.17, 15) is 47.1 Å². The number of anilines is 1. The normalized spacial score (nSPS) is 16.6. The second-order valence-corrected chi connectivity index (χ2v) is 19.0. The average Bonchev–Trinajstić information content (AvgIpc) is 3.67. The van der Waals surface area contributed by atoms with E-state index in [4.69, 9.17) is 9.72 Å². The summed E-state index contributed by atoms with van der Waals surface area (Å²) >= 11 is 0. The summed E-state index contributed by atoms with van der Waals surface area (Å²) in [6.45, 7) is 5.77. The van der Waals surface area contributed by atoms with Crippen LogP contribution in [0, 0.1) is 17.8 Å². The summed E-state index contributed by atoms with van der Waals surface area (Å²) in [7, 11) is -3.52. The molecule has 5 amide bonds. The van der Waals surface area contributed by atoms with Crippen molar-refractivity contribution >= 4 is 61.9 Å². The Balaban J connectivity index is 0.904. The third-order valence-electron chi connectivity index (χ3n) is 12.0. The number of ether oxygens (including phenoxy) is 1. The first-order valence-corrected chi connectivity index (χ1v) is 23.8. The van der Waals surface area contributed by atoms with Crippen LogP contribution in [0.15, 0.2) is 40.5 Å². The van der Waals surface area contributed by atoms with Crippen molar-refractivity contribution in [3.63, 3.8) is 0 Å². The summed E-state index contributed by atoms with van der Waals surface area (Å²) in [5, 5.41) is 25.0. The molecule has 7 rings (SSSR count). The number of aromatic nitrogens is 4. The number of carbonyl (C=O) groups is 6. The minimum Gasteiger partial charge on any atom is -0.458 e. The smallest absolute Gasteiger partial charge is 0.343 e. The number of aryl methyl sites for hydroxylation is 2. The highest BCUT2D eigenvalue weighted by Crippen LogP contribution is 2.43. The quantitative estimate of drug-likeness (QED) is 0.0367. The second-order valence-electron chi connectivity index (χ2n) is 17.1. The molecule has 0 saturated heterocycles. The van der Waals surface area contributed by atoms with Gasteiger partial charge in [0.2, 0.25) is 44.5 Å². The number of aliphatic hydroxyl groups is 1. The summed E-state index contributed by atoms with van der Waals surface area (Å²) in [5.41, 5.74) is 3.65. The number of cyclic esters (lactones) is 1. The molecule has 6 N–H and O–H groups in total. The Morgan fingerprint density at radius 3 is 2.33 bits per heavy atom. The van der Waals surface area contributed by atoms with Crippen LogP contribution in [0.3, 0.4) is 0 Å². The van der Waals surface area contributed by atoms with Crippen molar-refractivity contribution in [1.29, 1.82) is 0 Å². The number of carbonyl (C=O) groups excluding carboxylic acids is 6. The first-order chi connectivity index (χ1) is 31.8. The molecule has 0 radical (unpaired) electrons. The molecule has 2 aliphatic heterocycles. The van der Waals surface area contributed by atoms with Crippen LogP contribution in [0.25, 0.3) is 22.3 Å². The largest absolute Gasteiger partial charge is 0.458 e. The molecular formula is C46H51N9O11S. The lowest BCUT2D eigenvalue weighted by molar-refractivity contribution is -0.172. The first kappa shape index (κ1) is 47.9. The van der Waals surface area contributed by atoms with Gasteiger partial charge < -0.3 is 41.0 Å². The zero-order valence-electron chi connectivity index (χ0n) is 37.6. The van der Waals surface area contributed by atoms with E-state index >= 15 is 0 Å². The first-order valence-electron chi connectivity index (χ1n) is 21.9. The Morgan fingerprint density at radius 2 is 1.63 bits per heavy atom. The molecular weight excluding hydrogens is 887 g/mol. The van der Waals surface area contributed by atoms with E-state index in [1.807, 2.05) is 0 Å². The van der Waals surface area contributed by atoms with E-state index < -0.39 is 75.5 Å². The molecule has 3 aliphatic rings. The van der Waals surface area contributed by atoms with Gasteiger partial charge in [-0.1, -0.05) is 32.6 Å². The van der Waals surface area contributed by atoms with Crippen molar-refractivity contribution in [2.45, 2.75) is 109 Å². The molecule has 0 fully saturated rings. The number of rotatable bonds is 15. The van der Waals surface area contributed by atoms with Gasteiger partial charge in [0.15, 0.2) is 5.60 Å². The maximum absolute atomic E-state index is 13.8. The van der Waals surface area contributed by atoms with Gasteiger partial charge in [-0.25, -0.2) is 28.2 Å². The topological polar surface area (TPSA) is 287 Å². The fraction of sp³-hybridized carbons (Fsp3) is 0.435. The van der Waals surface area contributed by atoms with Crippen molar-refractivity contribution < 1.29 is 47.0 Å². The van der Waals surface area contributed by atoms with Crippen molar-refractivity contribution in [3.8, 4) is 23.2 Å². The Morgan fingerprint density at radius 1 is 0.925 bits per heavy atom. The second kappa shape index (κ2) is 19.4. The lowest BCUT2D eigenvalue weighted by atomic mass is 9.85. The van der Waals surface area contributed by atoms with Crippen molar-refractivity contribution in [2.75, 3.05) is 24.7 Å². The van der Waals surface area contributed by atoms with Crippen LogP contribution >= 0.6 is 0 Å². The molecule has 0 unspecified atom stereocenters. The van der Waals surface area contributed by atoms with E-state index in [-0.39, 0.29) is 54.4 Å². The molecule has 1 aromatic carbocycles. The zero-order valence-corrected chi connectivity index (χ0v) is 38.4. The maximum Gasteiger partial charge on any atom is 0.343 e. The summed E-state index contributed by atoms with van der Waals surface area (Å²) in [4.78, 5) is 103. The van der Waals surface area contributed by atoms with Crippen LogP contribution < -0.4 is 32.1 Å². The number of fused-ring (bicyclic) bond motifs is 5. The van der Waals surface area contributed by atoms with Crippen LogP contribution in [0.5, 0.6) is 0 Å². The van der Waals surface area contributed by atoms with Gasteiger partial charge in [-0.2, -0.15) is 0 Å². The SMILES string of the molecule is CC[C@@]1(O)C(=O)OCc2c1cc1n(c2=O)Cc2c-1nc1ccc(NC(=O)[C@H](C)NC(=O)[C@@H](NC(=O)CNC(=O)CNC(=O)CCCC#Cc3cnc(S(C)(=O)=O)nc3)C(C)C)c3c1c2CCC3. The molecule has 3 atom stereocenters. The monoisotopic (exact) mass is 937 g/mol. The predicted molar refractivity (Wildman–Crippen MR) is 241 cm³/mol. The highest BCUT2D eigenvalue weighted by molar-refractivity contribution is 7.90. The standard InChI is InChI=1S/C46H51N9O11S/c1-6-46(63)31-17-34-40-29(22-55(34)43(61)30(31)23-66-44(46)62)27-12-10-13-28-32(15-16-33(52-40)38(27)28)53-41(59)25(4)51-42(60)39(24(2)3)54-37(58)21-48-36(57)20-47-35(56)14-9-7-8-11-26-18-49-45(50-19-26)67(5,64)65/h15-19,24-25,39,63H,6-7,9-10,12-14,20-23H2,1-5H3,(H,47,56)(H,48,57)(H,51,60)(H,53,59)(H,54,58)/t25-,39-,46-/m0/s1. The van der Waals surface area contributed by atoms with Gasteiger partial charge in [0.25, 0.3) is 5.56 Å². The number of amides is 5. The Kier molecular flexibility index (Phi) is 13.9. The maximum atomic E-state index is 13.8. The summed E-state index contributed by atoms with van der Waals surface area (Å²) in [5.74, 6) is 1.63. The summed E-state index contributed by atoms with van der Waals surface area (Å²) < 4.78 is 29.8. The predicted octanol–water partition coefficient (Wildman–Crippen LogP) is 0.800. The van der Waals surface area contributed by atoms with Crippen LogP contribution in [0.4, 0.5) is 5.69 Å². The molecule has 0 spiro atoms. The van der Waals surface area contributed by atoms with Gasteiger partial charge in [-0.05, 0) is 74.3 Å². The number of unbranched alkanes of at least 4 members (excludes halogenated alkanes) is 1. The number of benzene rings is 1. The van der Waals surface area contributed by atoms with Crippen LogP contribution in [0.1, 0.15) is 93.2 Å². The number of hydrogen-bond acceptors (Lipinski definition) is 14. The summed E-state index contributed by atoms with van der Waals surface area (Å²) in [6.07, 6.45) is 6.52. The minimum absolute atomic E-state index is 0.0316. The van der Waals surface area contributed by atoms with Crippen molar-refractivity contribution in [1.82, 2.24) is 40.8 Å². The zero-order chi connectivity index (χ0) is 48.4. The fourth-order valence-corrected chi connectivity index (χ4v) is 8.88. The van der Waals surface area contributed by atoms with Gasteiger partial charge in [0.05, 0.1) is 47.7 Å². The number of sulfone groups is 1. The number of pyridine rings is 2. The fourth-order valence-electron chi connectivity index (χ4n) is 8.39. The molecule has 1 aliphatic carbocycles. The van der Waals surface area contributed by atoms with Gasteiger partial charge >= 0.3 is 5.97 Å². The Bertz CT molecular complexity index is 2960. The average molecular weight is 938 g/mol. The number of nitrogens with one attached hydrogen (secondary N) is 5. The van der Waals surface area contributed by atoms with Gasteiger partial charge in [0.1, 0.15) is 18.7 Å². The lowest BCUT2D eigenvalue weighted by Crippen LogP contribution is -2.55.